The van der Waals surface area contributed by atoms with Gasteiger partial charge in [-0.2, -0.15) is 0 Å². The van der Waals surface area contributed by atoms with Gasteiger partial charge in [-0.1, -0.05) is 28.8 Å². The molecule has 0 aromatic heterocycles. The highest BCUT2D eigenvalue weighted by atomic mass is 35.5. The van der Waals surface area contributed by atoms with E-state index in [2.05, 4.69) is 10.0 Å². The van der Waals surface area contributed by atoms with Crippen LogP contribution in [0.5, 0.6) is 0 Å². The van der Waals surface area contributed by atoms with Gasteiger partial charge in [-0.05, 0) is 36.1 Å². The van der Waals surface area contributed by atoms with Crippen molar-refractivity contribution in [3.63, 3.8) is 0 Å². The molecule has 80 valence electrons. The molecule has 5 heteroatoms. The number of rotatable bonds is 4. The third-order valence-electron chi connectivity index (χ3n) is 2.16. The normalized spacial score (nSPS) is 11.9. The fourth-order valence-corrected chi connectivity index (χ4v) is 1.47. The van der Waals surface area contributed by atoms with Crippen molar-refractivity contribution < 1.29 is 5.11 Å². The van der Waals surface area contributed by atoms with Gasteiger partial charge in [0.15, 0.2) is 0 Å². The van der Waals surface area contributed by atoms with E-state index in [1.807, 2.05) is 19.1 Å². The van der Waals surface area contributed by atoms with Crippen molar-refractivity contribution in [2.24, 2.45) is 5.11 Å². The standard InChI is InChI=1S/C10H12ClN3O/c1-7-6-8(2-3-9(7)11)10(4-5-15)13-14-12/h2-3,6,10,15H,4-5H2,1H3. The number of aliphatic hydroxyl groups is 1. The summed E-state index contributed by atoms with van der Waals surface area (Å²) in [5.74, 6) is 0. The van der Waals surface area contributed by atoms with Crippen LogP contribution in [0.1, 0.15) is 23.6 Å². The van der Waals surface area contributed by atoms with Gasteiger partial charge in [0.1, 0.15) is 0 Å². The molecule has 15 heavy (non-hydrogen) atoms. The zero-order valence-electron chi connectivity index (χ0n) is 8.39. The molecule has 0 fully saturated rings. The van der Waals surface area contributed by atoms with E-state index in [-0.39, 0.29) is 12.6 Å². The Morgan fingerprint density at radius 3 is 2.87 bits per heavy atom. The van der Waals surface area contributed by atoms with Gasteiger partial charge in [-0.25, -0.2) is 0 Å². The Labute approximate surface area is 93.1 Å². The molecule has 0 aliphatic rings. The lowest BCUT2D eigenvalue weighted by molar-refractivity contribution is 0.276. The lowest BCUT2D eigenvalue weighted by Gasteiger charge is -2.11. The second-order valence-corrected chi connectivity index (χ2v) is 3.65. The van der Waals surface area contributed by atoms with Crippen molar-refractivity contribution in [2.75, 3.05) is 6.61 Å². The van der Waals surface area contributed by atoms with E-state index in [1.165, 1.54) is 0 Å². The van der Waals surface area contributed by atoms with E-state index in [0.717, 1.165) is 11.1 Å². The number of hydrogen-bond acceptors (Lipinski definition) is 2. The number of nitrogens with zero attached hydrogens (tertiary/aromatic N) is 3. The SMILES string of the molecule is Cc1cc(C(CCO)N=[N+]=[N-])ccc1Cl. The predicted octanol–water partition coefficient (Wildman–Crippen LogP) is 3.38. The third-order valence-corrected chi connectivity index (χ3v) is 2.58. The Morgan fingerprint density at radius 1 is 1.60 bits per heavy atom. The zero-order valence-corrected chi connectivity index (χ0v) is 9.15. The second kappa shape index (κ2) is 5.61. The number of hydrogen-bond donors (Lipinski definition) is 1. The number of benzene rings is 1. The zero-order chi connectivity index (χ0) is 11.3. The van der Waals surface area contributed by atoms with Crippen molar-refractivity contribution >= 4 is 11.6 Å². The highest BCUT2D eigenvalue weighted by Gasteiger charge is 2.09. The van der Waals surface area contributed by atoms with Gasteiger partial charge >= 0.3 is 0 Å². The summed E-state index contributed by atoms with van der Waals surface area (Å²) in [5.41, 5.74) is 10.2. The highest BCUT2D eigenvalue weighted by Crippen LogP contribution is 2.25. The van der Waals surface area contributed by atoms with Gasteiger partial charge in [0.2, 0.25) is 0 Å². The Bertz CT molecular complexity index is 388. The minimum atomic E-state index is -0.323. The highest BCUT2D eigenvalue weighted by molar-refractivity contribution is 6.31. The Balaban J connectivity index is 3.00. The summed E-state index contributed by atoms with van der Waals surface area (Å²) in [7, 11) is 0. The van der Waals surface area contributed by atoms with Crippen LogP contribution < -0.4 is 0 Å². The topological polar surface area (TPSA) is 69.0 Å². The smallest absolute Gasteiger partial charge is 0.0647 e. The number of aliphatic hydroxyl groups excluding tert-OH is 1. The number of halogens is 1. The Morgan fingerprint density at radius 2 is 2.33 bits per heavy atom. The molecule has 4 nitrogen and oxygen atoms in total. The van der Waals surface area contributed by atoms with E-state index in [0.29, 0.717) is 11.4 Å². The van der Waals surface area contributed by atoms with E-state index in [9.17, 15) is 0 Å². The first-order valence-electron chi connectivity index (χ1n) is 4.60. The molecule has 1 aromatic rings. The van der Waals surface area contributed by atoms with Crippen LogP contribution in [0.15, 0.2) is 23.3 Å². The van der Waals surface area contributed by atoms with Crippen LogP contribution in [-0.4, -0.2) is 11.7 Å². The first-order chi connectivity index (χ1) is 7.19. The van der Waals surface area contributed by atoms with Crippen LogP contribution in [0.25, 0.3) is 10.4 Å². The molecule has 0 spiro atoms. The summed E-state index contributed by atoms with van der Waals surface area (Å²) in [6.45, 7) is 1.88. The van der Waals surface area contributed by atoms with Crippen molar-refractivity contribution in [1.82, 2.24) is 0 Å². The summed E-state index contributed by atoms with van der Waals surface area (Å²) in [6.07, 6.45) is 0.422. The van der Waals surface area contributed by atoms with E-state index in [1.54, 1.807) is 6.07 Å². The summed E-state index contributed by atoms with van der Waals surface area (Å²) in [5, 5.41) is 13.2. The molecule has 0 radical (unpaired) electrons. The lowest BCUT2D eigenvalue weighted by atomic mass is 10.0. The maximum absolute atomic E-state index is 8.84. The molecule has 1 aromatic carbocycles. The van der Waals surface area contributed by atoms with Gasteiger partial charge in [-0.3, -0.25) is 0 Å². The molecule has 1 N–H and O–H groups in total. The monoisotopic (exact) mass is 225 g/mol. The first kappa shape index (κ1) is 11.9. The van der Waals surface area contributed by atoms with E-state index < -0.39 is 0 Å². The predicted molar refractivity (Wildman–Crippen MR) is 59.8 cm³/mol. The minimum Gasteiger partial charge on any atom is -0.396 e. The molecule has 0 aliphatic carbocycles. The van der Waals surface area contributed by atoms with Gasteiger partial charge < -0.3 is 5.11 Å². The van der Waals surface area contributed by atoms with Crippen LogP contribution in [0.3, 0.4) is 0 Å². The number of azide groups is 1. The Kier molecular flexibility index (Phi) is 4.43. The average molecular weight is 226 g/mol. The van der Waals surface area contributed by atoms with Gasteiger partial charge in [-0.15, -0.1) is 0 Å². The molecular formula is C10H12ClN3O. The van der Waals surface area contributed by atoms with Crippen LogP contribution in [0, 0.1) is 6.92 Å². The van der Waals surface area contributed by atoms with Crippen LogP contribution in [-0.2, 0) is 0 Å². The summed E-state index contributed by atoms with van der Waals surface area (Å²) < 4.78 is 0. The molecule has 1 rings (SSSR count). The molecule has 0 saturated carbocycles. The molecular weight excluding hydrogens is 214 g/mol. The van der Waals surface area contributed by atoms with E-state index in [4.69, 9.17) is 22.2 Å². The molecule has 1 atom stereocenters. The van der Waals surface area contributed by atoms with Crippen LogP contribution in [0.4, 0.5) is 0 Å². The fraction of sp³-hybridized carbons (Fsp3) is 0.400. The van der Waals surface area contributed by atoms with Gasteiger partial charge in [0.05, 0.1) is 6.04 Å². The molecule has 0 aliphatic heterocycles. The van der Waals surface area contributed by atoms with Crippen molar-refractivity contribution in [3.8, 4) is 0 Å². The second-order valence-electron chi connectivity index (χ2n) is 3.24. The maximum atomic E-state index is 8.84. The fourth-order valence-electron chi connectivity index (χ4n) is 1.35. The minimum absolute atomic E-state index is 0.00857. The molecule has 1 unspecified atom stereocenters. The molecule has 0 saturated heterocycles. The van der Waals surface area contributed by atoms with Crippen molar-refractivity contribution in [1.29, 1.82) is 0 Å². The third kappa shape index (κ3) is 3.13. The molecule has 0 heterocycles. The van der Waals surface area contributed by atoms with Crippen molar-refractivity contribution in [2.45, 2.75) is 19.4 Å². The average Bonchev–Trinajstić information content (AvgIpc) is 2.22. The van der Waals surface area contributed by atoms with Crippen LogP contribution in [0.2, 0.25) is 5.02 Å². The van der Waals surface area contributed by atoms with E-state index >= 15 is 0 Å². The van der Waals surface area contributed by atoms with Gasteiger partial charge in [0.25, 0.3) is 0 Å². The summed E-state index contributed by atoms with van der Waals surface area (Å²) in [4.78, 5) is 2.76. The quantitative estimate of drug-likeness (QED) is 0.476. The van der Waals surface area contributed by atoms with Crippen LogP contribution >= 0.6 is 11.6 Å². The molecule has 0 bridgehead atoms. The Hall–Kier alpha value is -1.22. The molecule has 0 amide bonds. The summed E-state index contributed by atoms with van der Waals surface area (Å²) in [6, 6.07) is 5.13. The van der Waals surface area contributed by atoms with Gasteiger partial charge in [0, 0.05) is 16.5 Å². The maximum Gasteiger partial charge on any atom is 0.0647 e. The summed E-state index contributed by atoms with van der Waals surface area (Å²) >= 11 is 5.89. The lowest BCUT2D eigenvalue weighted by Crippen LogP contribution is -1.98. The van der Waals surface area contributed by atoms with Crippen molar-refractivity contribution in [3.05, 3.63) is 44.8 Å². The largest absolute Gasteiger partial charge is 0.396 e. The first-order valence-corrected chi connectivity index (χ1v) is 4.98. The number of aryl methyl sites for hydroxylation is 1.